The van der Waals surface area contributed by atoms with Crippen molar-refractivity contribution in [3.63, 3.8) is 0 Å². The van der Waals surface area contributed by atoms with Gasteiger partial charge >= 0.3 is 0 Å². The minimum Gasteiger partial charge on any atom is -0.448 e. The van der Waals surface area contributed by atoms with Crippen LogP contribution in [-0.4, -0.2) is 29.9 Å². The van der Waals surface area contributed by atoms with Gasteiger partial charge in [-0.15, -0.1) is 0 Å². The Morgan fingerprint density at radius 2 is 2.21 bits per heavy atom. The molecular formula is C16H17BrN4O3. The van der Waals surface area contributed by atoms with E-state index < -0.39 is 5.54 Å². The number of ether oxygens (including phenoxy) is 1. The van der Waals surface area contributed by atoms with E-state index in [-0.39, 0.29) is 11.6 Å². The standard InChI is InChI=1S/C16H17BrN4O3/c1-9-19-13(6-24-9)15(22)20-12-4-10(3-11(17)5-12)16(2)8-23-7-14(18)21-16/h3-6H,7-8H2,1-2H3,(H2,18,21)(H,20,22)/t16-/m0/s1. The van der Waals surface area contributed by atoms with Gasteiger partial charge in [-0.3, -0.25) is 9.79 Å². The fraction of sp³-hybridized carbons (Fsp3) is 0.312. The molecule has 0 unspecified atom stereocenters. The number of hydrogen-bond donors (Lipinski definition) is 2. The van der Waals surface area contributed by atoms with Gasteiger partial charge in [0.2, 0.25) is 0 Å². The Hall–Kier alpha value is -2.19. The van der Waals surface area contributed by atoms with E-state index in [2.05, 4.69) is 31.2 Å². The minimum atomic E-state index is -0.601. The summed E-state index contributed by atoms with van der Waals surface area (Å²) >= 11 is 3.46. The molecule has 0 spiro atoms. The number of aryl methyl sites for hydroxylation is 1. The van der Waals surface area contributed by atoms with Crippen molar-refractivity contribution in [2.75, 3.05) is 18.5 Å². The van der Waals surface area contributed by atoms with E-state index in [4.69, 9.17) is 14.9 Å². The number of aliphatic imine (C=N–C) groups is 1. The SMILES string of the molecule is Cc1nc(C(=O)Nc2cc(Br)cc([C@]3(C)COCC(N)=N3)c2)co1. The second kappa shape index (κ2) is 6.37. The van der Waals surface area contributed by atoms with Crippen molar-refractivity contribution in [1.82, 2.24) is 4.98 Å². The van der Waals surface area contributed by atoms with Gasteiger partial charge in [-0.05, 0) is 30.7 Å². The van der Waals surface area contributed by atoms with Crippen molar-refractivity contribution < 1.29 is 13.9 Å². The summed E-state index contributed by atoms with van der Waals surface area (Å²) < 4.78 is 11.4. The normalized spacial score (nSPS) is 20.5. The Labute approximate surface area is 147 Å². The van der Waals surface area contributed by atoms with Gasteiger partial charge in [0.1, 0.15) is 24.2 Å². The zero-order valence-corrected chi connectivity index (χ0v) is 14.9. The van der Waals surface area contributed by atoms with Crippen LogP contribution in [0.15, 0.2) is 38.3 Å². The van der Waals surface area contributed by atoms with Crippen LogP contribution in [0.4, 0.5) is 5.69 Å². The van der Waals surface area contributed by atoms with Crippen LogP contribution in [0.2, 0.25) is 0 Å². The highest BCUT2D eigenvalue weighted by Crippen LogP contribution is 2.32. The van der Waals surface area contributed by atoms with Crippen molar-refractivity contribution in [3.05, 3.63) is 46.1 Å². The van der Waals surface area contributed by atoms with Crippen molar-refractivity contribution in [3.8, 4) is 0 Å². The average Bonchev–Trinajstić information content (AvgIpc) is 2.93. The number of anilines is 1. The number of hydrogen-bond acceptors (Lipinski definition) is 6. The fourth-order valence-electron chi connectivity index (χ4n) is 2.52. The number of aromatic nitrogens is 1. The number of nitrogens with zero attached hydrogens (tertiary/aromatic N) is 2. The number of amides is 1. The number of carbonyl (C=O) groups is 1. The molecule has 0 saturated carbocycles. The first-order valence-corrected chi connectivity index (χ1v) is 8.11. The van der Waals surface area contributed by atoms with Crippen molar-refractivity contribution in [1.29, 1.82) is 0 Å². The Kier molecular flexibility index (Phi) is 4.42. The maximum Gasteiger partial charge on any atom is 0.277 e. The molecule has 1 aliphatic rings. The summed E-state index contributed by atoms with van der Waals surface area (Å²) in [5.74, 6) is 0.545. The lowest BCUT2D eigenvalue weighted by Crippen LogP contribution is -2.37. The average molecular weight is 393 g/mol. The summed E-state index contributed by atoms with van der Waals surface area (Å²) in [6, 6.07) is 5.58. The zero-order valence-electron chi connectivity index (χ0n) is 13.3. The maximum atomic E-state index is 12.2. The number of oxazole rings is 1. The minimum absolute atomic E-state index is 0.225. The molecule has 1 aliphatic heterocycles. The highest BCUT2D eigenvalue weighted by molar-refractivity contribution is 9.10. The van der Waals surface area contributed by atoms with E-state index in [1.807, 2.05) is 19.1 Å². The first kappa shape index (κ1) is 16.7. The van der Waals surface area contributed by atoms with E-state index in [1.54, 1.807) is 13.0 Å². The van der Waals surface area contributed by atoms with Gasteiger partial charge in [0, 0.05) is 17.1 Å². The fourth-order valence-corrected chi connectivity index (χ4v) is 3.01. The molecule has 24 heavy (non-hydrogen) atoms. The quantitative estimate of drug-likeness (QED) is 0.835. The Bertz CT molecular complexity index is 817. The first-order chi connectivity index (χ1) is 11.4. The van der Waals surface area contributed by atoms with Crippen LogP contribution in [-0.2, 0) is 10.3 Å². The largest absolute Gasteiger partial charge is 0.448 e. The number of halogens is 1. The lowest BCUT2D eigenvalue weighted by atomic mass is 9.92. The predicted octanol–water partition coefficient (Wildman–Crippen LogP) is 2.60. The van der Waals surface area contributed by atoms with Crippen LogP contribution in [0.25, 0.3) is 0 Å². The van der Waals surface area contributed by atoms with E-state index in [9.17, 15) is 4.79 Å². The summed E-state index contributed by atoms with van der Waals surface area (Å²) in [5, 5.41) is 2.81. The third-order valence-corrected chi connectivity index (χ3v) is 4.11. The second-order valence-corrected chi connectivity index (χ2v) is 6.72. The Morgan fingerprint density at radius 3 is 2.88 bits per heavy atom. The van der Waals surface area contributed by atoms with Gasteiger partial charge in [0.05, 0.1) is 6.61 Å². The van der Waals surface area contributed by atoms with E-state index in [1.165, 1.54) is 6.26 Å². The van der Waals surface area contributed by atoms with Crippen LogP contribution >= 0.6 is 15.9 Å². The van der Waals surface area contributed by atoms with Crippen LogP contribution in [0.1, 0.15) is 28.9 Å². The van der Waals surface area contributed by atoms with Gasteiger partial charge in [-0.2, -0.15) is 0 Å². The zero-order chi connectivity index (χ0) is 17.3. The number of amidine groups is 1. The number of nitrogens with two attached hydrogens (primary N) is 1. The summed E-state index contributed by atoms with van der Waals surface area (Å²) in [4.78, 5) is 20.8. The summed E-state index contributed by atoms with van der Waals surface area (Å²) in [7, 11) is 0. The van der Waals surface area contributed by atoms with Gasteiger partial charge in [-0.25, -0.2) is 4.98 Å². The molecule has 0 bridgehead atoms. The molecule has 7 nitrogen and oxygen atoms in total. The molecule has 126 valence electrons. The molecule has 1 atom stereocenters. The monoisotopic (exact) mass is 392 g/mol. The number of benzene rings is 1. The summed E-state index contributed by atoms with van der Waals surface area (Å²) in [6.45, 7) is 4.37. The third-order valence-electron chi connectivity index (χ3n) is 3.65. The molecule has 2 heterocycles. The predicted molar refractivity (Wildman–Crippen MR) is 93.1 cm³/mol. The van der Waals surface area contributed by atoms with Crippen molar-refractivity contribution in [2.45, 2.75) is 19.4 Å². The molecule has 0 fully saturated rings. The highest BCUT2D eigenvalue weighted by Gasteiger charge is 2.30. The van der Waals surface area contributed by atoms with E-state index in [0.717, 1.165) is 10.0 Å². The maximum absolute atomic E-state index is 12.2. The van der Waals surface area contributed by atoms with E-state index >= 15 is 0 Å². The number of carbonyl (C=O) groups excluding carboxylic acids is 1. The number of nitrogens with one attached hydrogen (secondary N) is 1. The van der Waals surface area contributed by atoms with Gasteiger partial charge < -0.3 is 20.2 Å². The summed E-state index contributed by atoms with van der Waals surface area (Å²) in [5.41, 5.74) is 6.93. The first-order valence-electron chi connectivity index (χ1n) is 7.32. The number of rotatable bonds is 3. The highest BCUT2D eigenvalue weighted by atomic mass is 79.9. The molecule has 8 heteroatoms. The van der Waals surface area contributed by atoms with Gasteiger partial charge in [0.25, 0.3) is 5.91 Å². The molecule has 0 radical (unpaired) electrons. The van der Waals surface area contributed by atoms with Crippen LogP contribution < -0.4 is 11.1 Å². The van der Waals surface area contributed by atoms with Crippen LogP contribution in [0.3, 0.4) is 0 Å². The van der Waals surface area contributed by atoms with Crippen LogP contribution in [0.5, 0.6) is 0 Å². The van der Waals surface area contributed by atoms with Crippen molar-refractivity contribution in [2.24, 2.45) is 10.7 Å². The van der Waals surface area contributed by atoms with Gasteiger partial charge in [0.15, 0.2) is 11.6 Å². The van der Waals surface area contributed by atoms with E-state index in [0.29, 0.717) is 30.6 Å². The molecule has 0 saturated heterocycles. The van der Waals surface area contributed by atoms with Crippen molar-refractivity contribution >= 4 is 33.4 Å². The topological polar surface area (TPSA) is 103 Å². The molecule has 0 aliphatic carbocycles. The molecule has 1 aromatic carbocycles. The molecule has 1 aromatic heterocycles. The Balaban J connectivity index is 1.89. The lowest BCUT2D eigenvalue weighted by molar-refractivity contribution is 0.102. The molecular weight excluding hydrogens is 376 g/mol. The molecule has 3 rings (SSSR count). The molecule has 2 aromatic rings. The lowest BCUT2D eigenvalue weighted by Gasteiger charge is -2.30. The third kappa shape index (κ3) is 3.49. The van der Waals surface area contributed by atoms with Gasteiger partial charge in [-0.1, -0.05) is 15.9 Å². The Morgan fingerprint density at radius 1 is 1.42 bits per heavy atom. The smallest absolute Gasteiger partial charge is 0.277 e. The summed E-state index contributed by atoms with van der Waals surface area (Å²) in [6.07, 6.45) is 1.32. The van der Waals surface area contributed by atoms with Crippen LogP contribution in [0, 0.1) is 6.92 Å². The second-order valence-electron chi connectivity index (χ2n) is 5.80. The molecule has 1 amide bonds. The molecule has 3 N–H and O–H groups in total.